The van der Waals surface area contributed by atoms with Gasteiger partial charge in [0.05, 0.1) is 19.3 Å². The second-order valence-electron chi connectivity index (χ2n) is 3.76. The molecule has 1 aliphatic heterocycles. The van der Waals surface area contributed by atoms with Crippen LogP contribution in [-0.2, 0) is 4.74 Å². The fraction of sp³-hybridized carbons (Fsp3) is 0.636. The normalized spacial score (nSPS) is 19.2. The summed E-state index contributed by atoms with van der Waals surface area (Å²) >= 11 is 1.84. The zero-order chi connectivity index (χ0) is 9.80. The highest BCUT2D eigenvalue weighted by molar-refractivity contribution is 7.10. The molecule has 1 aliphatic rings. The molecule has 0 aromatic carbocycles. The summed E-state index contributed by atoms with van der Waals surface area (Å²) < 4.78 is 5.17. The van der Waals surface area contributed by atoms with Gasteiger partial charge in [-0.1, -0.05) is 19.4 Å². The van der Waals surface area contributed by atoms with Gasteiger partial charge in [-0.05, 0) is 17.9 Å². The van der Waals surface area contributed by atoms with E-state index in [0.29, 0.717) is 12.1 Å². The zero-order valence-corrected chi connectivity index (χ0v) is 9.35. The molecule has 0 radical (unpaired) electrons. The van der Waals surface area contributed by atoms with E-state index in [-0.39, 0.29) is 0 Å². The third-order valence-corrected chi connectivity index (χ3v) is 3.52. The van der Waals surface area contributed by atoms with Crippen molar-refractivity contribution in [2.24, 2.45) is 0 Å². The molecule has 0 saturated carbocycles. The summed E-state index contributed by atoms with van der Waals surface area (Å²) in [6.07, 6.45) is 2.44. The van der Waals surface area contributed by atoms with E-state index < -0.39 is 0 Å². The van der Waals surface area contributed by atoms with Crippen LogP contribution in [0.5, 0.6) is 0 Å². The van der Waals surface area contributed by atoms with Crippen molar-refractivity contribution in [1.29, 1.82) is 0 Å². The van der Waals surface area contributed by atoms with Crippen LogP contribution in [0, 0.1) is 0 Å². The first-order chi connectivity index (χ1) is 6.90. The van der Waals surface area contributed by atoms with Crippen molar-refractivity contribution < 1.29 is 4.74 Å². The SMILES string of the molecule is CCCC(NC1COC1)c1cccs1. The Kier molecular flexibility index (Phi) is 3.56. The molecule has 1 fully saturated rings. The average molecular weight is 211 g/mol. The number of ether oxygens (including phenoxy) is 1. The van der Waals surface area contributed by atoms with Crippen LogP contribution < -0.4 is 5.32 Å². The van der Waals surface area contributed by atoms with E-state index in [9.17, 15) is 0 Å². The van der Waals surface area contributed by atoms with E-state index in [1.165, 1.54) is 17.7 Å². The van der Waals surface area contributed by atoms with Gasteiger partial charge in [0.15, 0.2) is 0 Å². The molecule has 0 spiro atoms. The molecule has 78 valence electrons. The van der Waals surface area contributed by atoms with Crippen molar-refractivity contribution in [2.75, 3.05) is 13.2 Å². The lowest BCUT2D eigenvalue weighted by molar-refractivity contribution is -0.0104. The van der Waals surface area contributed by atoms with Gasteiger partial charge in [-0.2, -0.15) is 0 Å². The van der Waals surface area contributed by atoms with Gasteiger partial charge in [0, 0.05) is 10.9 Å². The molecular formula is C11H17NOS. The Labute approximate surface area is 89.3 Å². The minimum atomic E-state index is 0.536. The van der Waals surface area contributed by atoms with Crippen molar-refractivity contribution in [1.82, 2.24) is 5.32 Å². The lowest BCUT2D eigenvalue weighted by atomic mass is 10.1. The molecule has 1 saturated heterocycles. The van der Waals surface area contributed by atoms with Crippen molar-refractivity contribution in [3.8, 4) is 0 Å². The topological polar surface area (TPSA) is 21.3 Å². The van der Waals surface area contributed by atoms with E-state index in [4.69, 9.17) is 4.74 Å². The number of hydrogen-bond donors (Lipinski definition) is 1. The molecule has 1 aromatic rings. The third kappa shape index (κ3) is 2.35. The van der Waals surface area contributed by atoms with Crippen LogP contribution in [-0.4, -0.2) is 19.3 Å². The first kappa shape index (κ1) is 10.1. The average Bonchev–Trinajstić information content (AvgIpc) is 2.61. The summed E-state index contributed by atoms with van der Waals surface area (Å²) in [5.41, 5.74) is 0. The van der Waals surface area contributed by atoms with Crippen LogP contribution in [0.25, 0.3) is 0 Å². The number of nitrogens with one attached hydrogen (secondary N) is 1. The summed E-state index contributed by atoms with van der Waals surface area (Å²) in [5, 5.41) is 5.79. The summed E-state index contributed by atoms with van der Waals surface area (Å²) in [5.74, 6) is 0. The second kappa shape index (κ2) is 4.91. The van der Waals surface area contributed by atoms with Gasteiger partial charge in [-0.3, -0.25) is 0 Å². The fourth-order valence-corrected chi connectivity index (χ4v) is 2.52. The van der Waals surface area contributed by atoms with E-state index >= 15 is 0 Å². The monoisotopic (exact) mass is 211 g/mol. The highest BCUT2D eigenvalue weighted by Gasteiger charge is 2.22. The van der Waals surface area contributed by atoms with Crippen LogP contribution in [0.4, 0.5) is 0 Å². The zero-order valence-electron chi connectivity index (χ0n) is 8.53. The highest BCUT2D eigenvalue weighted by atomic mass is 32.1. The Morgan fingerprint density at radius 3 is 3.00 bits per heavy atom. The van der Waals surface area contributed by atoms with E-state index in [1.807, 2.05) is 11.3 Å². The molecule has 1 N–H and O–H groups in total. The van der Waals surface area contributed by atoms with Crippen molar-refractivity contribution >= 4 is 11.3 Å². The fourth-order valence-electron chi connectivity index (χ4n) is 1.70. The van der Waals surface area contributed by atoms with Crippen LogP contribution in [0.15, 0.2) is 17.5 Å². The molecule has 2 nitrogen and oxygen atoms in total. The summed E-state index contributed by atoms with van der Waals surface area (Å²) in [7, 11) is 0. The number of hydrogen-bond acceptors (Lipinski definition) is 3. The molecule has 0 aliphatic carbocycles. The Balaban J connectivity index is 1.92. The molecule has 1 atom stereocenters. The van der Waals surface area contributed by atoms with E-state index in [2.05, 4.69) is 29.8 Å². The molecule has 3 heteroatoms. The van der Waals surface area contributed by atoms with Crippen LogP contribution >= 0.6 is 11.3 Å². The van der Waals surface area contributed by atoms with Gasteiger partial charge in [0.2, 0.25) is 0 Å². The Morgan fingerprint density at radius 1 is 1.64 bits per heavy atom. The maximum Gasteiger partial charge on any atom is 0.0643 e. The number of rotatable bonds is 5. The Bertz CT molecular complexity index is 256. The van der Waals surface area contributed by atoms with Gasteiger partial charge in [-0.25, -0.2) is 0 Å². The van der Waals surface area contributed by atoms with Crippen molar-refractivity contribution in [2.45, 2.75) is 31.8 Å². The first-order valence-corrected chi connectivity index (χ1v) is 6.15. The minimum absolute atomic E-state index is 0.536. The quantitative estimate of drug-likeness (QED) is 0.808. The maximum absolute atomic E-state index is 5.17. The predicted octanol–water partition coefficient (Wildman–Crippen LogP) is 2.58. The molecule has 2 heterocycles. The molecule has 1 unspecified atom stereocenters. The Morgan fingerprint density at radius 2 is 2.50 bits per heavy atom. The van der Waals surface area contributed by atoms with Gasteiger partial charge in [0.1, 0.15) is 0 Å². The largest absolute Gasteiger partial charge is 0.378 e. The van der Waals surface area contributed by atoms with Crippen LogP contribution in [0.3, 0.4) is 0 Å². The van der Waals surface area contributed by atoms with Gasteiger partial charge in [-0.15, -0.1) is 11.3 Å². The van der Waals surface area contributed by atoms with Crippen LogP contribution in [0.2, 0.25) is 0 Å². The molecule has 2 rings (SSSR count). The predicted molar refractivity (Wildman–Crippen MR) is 59.7 cm³/mol. The molecule has 1 aromatic heterocycles. The number of thiophene rings is 1. The molecule has 14 heavy (non-hydrogen) atoms. The standard InChI is InChI=1S/C11H17NOS/c1-2-4-10(11-5-3-6-14-11)12-9-7-13-8-9/h3,5-6,9-10,12H,2,4,7-8H2,1H3. The maximum atomic E-state index is 5.17. The van der Waals surface area contributed by atoms with E-state index in [0.717, 1.165) is 13.2 Å². The van der Waals surface area contributed by atoms with Gasteiger partial charge < -0.3 is 10.1 Å². The summed E-state index contributed by atoms with van der Waals surface area (Å²) in [6, 6.07) is 5.46. The molecule has 0 bridgehead atoms. The minimum Gasteiger partial charge on any atom is -0.378 e. The van der Waals surface area contributed by atoms with Crippen LogP contribution in [0.1, 0.15) is 30.7 Å². The first-order valence-electron chi connectivity index (χ1n) is 5.27. The van der Waals surface area contributed by atoms with Crippen molar-refractivity contribution in [3.63, 3.8) is 0 Å². The van der Waals surface area contributed by atoms with Gasteiger partial charge in [0.25, 0.3) is 0 Å². The third-order valence-electron chi connectivity index (χ3n) is 2.54. The molecule has 0 amide bonds. The summed E-state index contributed by atoms with van der Waals surface area (Å²) in [6.45, 7) is 4.00. The smallest absolute Gasteiger partial charge is 0.0643 e. The van der Waals surface area contributed by atoms with Crippen molar-refractivity contribution in [3.05, 3.63) is 22.4 Å². The summed E-state index contributed by atoms with van der Waals surface area (Å²) in [4.78, 5) is 1.46. The second-order valence-corrected chi connectivity index (χ2v) is 4.74. The Hall–Kier alpha value is -0.380. The lowest BCUT2D eigenvalue weighted by Gasteiger charge is -2.31. The highest BCUT2D eigenvalue weighted by Crippen LogP contribution is 2.24. The van der Waals surface area contributed by atoms with Gasteiger partial charge >= 0.3 is 0 Å². The molecular weight excluding hydrogens is 194 g/mol. The van der Waals surface area contributed by atoms with E-state index in [1.54, 1.807) is 0 Å². The lowest BCUT2D eigenvalue weighted by Crippen LogP contribution is -2.47.